The van der Waals surface area contributed by atoms with Crippen LogP contribution in [0.3, 0.4) is 0 Å². The van der Waals surface area contributed by atoms with Gasteiger partial charge in [0, 0.05) is 11.6 Å². The lowest BCUT2D eigenvalue weighted by Crippen LogP contribution is -1.99. The summed E-state index contributed by atoms with van der Waals surface area (Å²) in [6.45, 7) is 2.75. The standard InChI is InChI=1S/C17H18O3/c1-2-3-12-20-16-10-8-13-6-4-5-7-14(13)15(16)9-11-17(18)19/h4-11H,2-3,12H2,1H3,(H,18,19)/b11-9+. The maximum absolute atomic E-state index is 10.8. The zero-order valence-corrected chi connectivity index (χ0v) is 11.5. The van der Waals surface area contributed by atoms with Crippen LogP contribution in [0.1, 0.15) is 25.3 Å². The predicted molar refractivity (Wildman–Crippen MR) is 81.0 cm³/mol. The smallest absolute Gasteiger partial charge is 0.328 e. The van der Waals surface area contributed by atoms with Gasteiger partial charge in [0.15, 0.2) is 0 Å². The zero-order valence-electron chi connectivity index (χ0n) is 11.5. The number of carboxylic acids is 1. The fourth-order valence-corrected chi connectivity index (χ4v) is 2.05. The van der Waals surface area contributed by atoms with E-state index in [1.165, 1.54) is 0 Å². The third-order valence-electron chi connectivity index (χ3n) is 3.08. The van der Waals surface area contributed by atoms with Crippen LogP contribution in [0.5, 0.6) is 5.75 Å². The highest BCUT2D eigenvalue weighted by Crippen LogP contribution is 2.29. The Bertz CT molecular complexity index is 629. The summed E-state index contributed by atoms with van der Waals surface area (Å²) in [5, 5.41) is 10.9. The summed E-state index contributed by atoms with van der Waals surface area (Å²) in [7, 11) is 0. The maximum atomic E-state index is 10.8. The number of benzene rings is 2. The molecule has 0 heterocycles. The van der Waals surface area contributed by atoms with Gasteiger partial charge in [-0.25, -0.2) is 4.79 Å². The van der Waals surface area contributed by atoms with Gasteiger partial charge in [0.25, 0.3) is 0 Å². The van der Waals surface area contributed by atoms with E-state index in [0.717, 1.165) is 41.0 Å². The molecule has 20 heavy (non-hydrogen) atoms. The Labute approximate surface area is 118 Å². The molecule has 0 bridgehead atoms. The molecule has 0 aliphatic rings. The van der Waals surface area contributed by atoms with Gasteiger partial charge in [0.05, 0.1) is 6.61 Å². The second-order valence-electron chi connectivity index (χ2n) is 4.57. The molecule has 0 unspecified atom stereocenters. The van der Waals surface area contributed by atoms with Crippen molar-refractivity contribution < 1.29 is 14.6 Å². The summed E-state index contributed by atoms with van der Waals surface area (Å²) in [6, 6.07) is 11.8. The van der Waals surface area contributed by atoms with Crippen molar-refractivity contribution in [3.8, 4) is 5.75 Å². The number of aliphatic carboxylic acids is 1. The average Bonchev–Trinajstić information content (AvgIpc) is 2.45. The van der Waals surface area contributed by atoms with Gasteiger partial charge in [-0.1, -0.05) is 43.7 Å². The number of carbonyl (C=O) groups is 1. The van der Waals surface area contributed by atoms with Gasteiger partial charge < -0.3 is 9.84 Å². The zero-order chi connectivity index (χ0) is 14.4. The van der Waals surface area contributed by atoms with Crippen LogP contribution in [-0.2, 0) is 4.79 Å². The van der Waals surface area contributed by atoms with Gasteiger partial charge in [0.2, 0.25) is 0 Å². The first-order chi connectivity index (χ1) is 9.72. The number of hydrogen-bond acceptors (Lipinski definition) is 2. The minimum Gasteiger partial charge on any atom is -0.493 e. The Hall–Kier alpha value is -2.29. The van der Waals surface area contributed by atoms with E-state index in [1.54, 1.807) is 6.08 Å². The molecule has 104 valence electrons. The van der Waals surface area contributed by atoms with E-state index in [-0.39, 0.29) is 0 Å². The van der Waals surface area contributed by atoms with Crippen molar-refractivity contribution in [3.63, 3.8) is 0 Å². The van der Waals surface area contributed by atoms with Crippen molar-refractivity contribution in [2.24, 2.45) is 0 Å². The fourth-order valence-electron chi connectivity index (χ4n) is 2.05. The van der Waals surface area contributed by atoms with Crippen molar-refractivity contribution in [1.29, 1.82) is 0 Å². The van der Waals surface area contributed by atoms with E-state index >= 15 is 0 Å². The number of rotatable bonds is 6. The molecule has 2 rings (SSSR count). The highest BCUT2D eigenvalue weighted by atomic mass is 16.5. The van der Waals surface area contributed by atoms with Crippen LogP contribution in [0.15, 0.2) is 42.5 Å². The Kier molecular flexibility index (Phi) is 4.77. The van der Waals surface area contributed by atoms with E-state index in [9.17, 15) is 4.79 Å². The molecule has 0 atom stereocenters. The van der Waals surface area contributed by atoms with Gasteiger partial charge in [-0.2, -0.15) is 0 Å². The second kappa shape index (κ2) is 6.75. The van der Waals surface area contributed by atoms with E-state index in [0.29, 0.717) is 6.61 Å². The molecular weight excluding hydrogens is 252 g/mol. The highest BCUT2D eigenvalue weighted by Gasteiger charge is 2.06. The van der Waals surface area contributed by atoms with E-state index < -0.39 is 5.97 Å². The first-order valence-corrected chi connectivity index (χ1v) is 6.78. The van der Waals surface area contributed by atoms with Crippen LogP contribution in [0.25, 0.3) is 16.8 Å². The molecule has 3 heteroatoms. The molecule has 0 spiro atoms. The quantitative estimate of drug-likeness (QED) is 0.634. The summed E-state index contributed by atoms with van der Waals surface area (Å²) in [5.41, 5.74) is 0.821. The molecule has 0 amide bonds. The SMILES string of the molecule is CCCCOc1ccc2ccccc2c1/C=C/C(=O)O. The Morgan fingerprint density at radius 2 is 2.05 bits per heavy atom. The molecule has 1 N–H and O–H groups in total. The lowest BCUT2D eigenvalue weighted by Gasteiger charge is -2.11. The number of hydrogen-bond donors (Lipinski definition) is 1. The van der Waals surface area contributed by atoms with E-state index in [1.807, 2.05) is 36.4 Å². The van der Waals surface area contributed by atoms with Crippen molar-refractivity contribution >= 4 is 22.8 Å². The monoisotopic (exact) mass is 270 g/mol. The van der Waals surface area contributed by atoms with Crippen molar-refractivity contribution in [1.82, 2.24) is 0 Å². The van der Waals surface area contributed by atoms with Crippen LogP contribution in [-0.4, -0.2) is 17.7 Å². The van der Waals surface area contributed by atoms with Crippen LogP contribution in [0, 0.1) is 0 Å². The highest BCUT2D eigenvalue weighted by molar-refractivity contribution is 5.96. The lowest BCUT2D eigenvalue weighted by atomic mass is 10.0. The second-order valence-corrected chi connectivity index (χ2v) is 4.57. The third-order valence-corrected chi connectivity index (χ3v) is 3.08. The number of unbranched alkanes of at least 4 members (excludes halogenated alkanes) is 1. The van der Waals surface area contributed by atoms with Crippen LogP contribution in [0.4, 0.5) is 0 Å². The molecule has 0 saturated heterocycles. The molecule has 0 aromatic heterocycles. The van der Waals surface area contributed by atoms with Crippen LogP contribution in [0.2, 0.25) is 0 Å². The number of fused-ring (bicyclic) bond motifs is 1. The Morgan fingerprint density at radius 3 is 2.80 bits per heavy atom. The van der Waals surface area contributed by atoms with E-state index in [2.05, 4.69) is 6.92 Å². The molecule has 2 aromatic carbocycles. The van der Waals surface area contributed by atoms with Crippen molar-refractivity contribution in [2.75, 3.05) is 6.61 Å². The fraction of sp³-hybridized carbons (Fsp3) is 0.235. The maximum Gasteiger partial charge on any atom is 0.328 e. The van der Waals surface area contributed by atoms with Crippen molar-refractivity contribution in [3.05, 3.63) is 48.0 Å². The molecule has 3 nitrogen and oxygen atoms in total. The molecule has 0 aliphatic heterocycles. The molecular formula is C17H18O3. The topological polar surface area (TPSA) is 46.5 Å². The summed E-state index contributed by atoms with van der Waals surface area (Å²) < 4.78 is 5.77. The Morgan fingerprint density at radius 1 is 1.25 bits per heavy atom. The molecule has 0 radical (unpaired) electrons. The summed E-state index contributed by atoms with van der Waals surface area (Å²) in [5.74, 6) is -0.230. The van der Waals surface area contributed by atoms with Gasteiger partial charge in [0.1, 0.15) is 5.75 Å². The molecule has 0 aliphatic carbocycles. The molecule has 0 saturated carbocycles. The van der Waals surface area contributed by atoms with Gasteiger partial charge >= 0.3 is 5.97 Å². The first kappa shape index (κ1) is 14.1. The number of ether oxygens (including phenoxy) is 1. The first-order valence-electron chi connectivity index (χ1n) is 6.78. The molecule has 2 aromatic rings. The summed E-state index contributed by atoms with van der Waals surface area (Å²) in [4.78, 5) is 10.8. The Balaban J connectivity index is 2.44. The molecule has 0 fully saturated rings. The minimum absolute atomic E-state index is 0.642. The predicted octanol–water partition coefficient (Wildman–Crippen LogP) is 4.12. The van der Waals surface area contributed by atoms with Crippen LogP contribution < -0.4 is 4.74 Å². The normalized spacial score (nSPS) is 11.1. The van der Waals surface area contributed by atoms with Crippen LogP contribution >= 0.6 is 0 Å². The lowest BCUT2D eigenvalue weighted by molar-refractivity contribution is -0.131. The van der Waals surface area contributed by atoms with Gasteiger partial charge in [-0.15, -0.1) is 0 Å². The third kappa shape index (κ3) is 3.38. The summed E-state index contributed by atoms with van der Waals surface area (Å²) >= 11 is 0. The summed E-state index contributed by atoms with van der Waals surface area (Å²) in [6.07, 6.45) is 4.79. The van der Waals surface area contributed by atoms with Crippen molar-refractivity contribution in [2.45, 2.75) is 19.8 Å². The average molecular weight is 270 g/mol. The number of carboxylic acid groups (broad SMARTS) is 1. The largest absolute Gasteiger partial charge is 0.493 e. The minimum atomic E-state index is -0.961. The van der Waals surface area contributed by atoms with Gasteiger partial charge in [-0.05, 0) is 29.3 Å². The van der Waals surface area contributed by atoms with E-state index in [4.69, 9.17) is 9.84 Å². The van der Waals surface area contributed by atoms with Gasteiger partial charge in [-0.3, -0.25) is 0 Å².